The fraction of sp³-hybridized carbons (Fsp3) is 0.250. The van der Waals surface area contributed by atoms with Crippen molar-refractivity contribution < 1.29 is 23.0 Å². The molecule has 4 rings (SSSR count). The van der Waals surface area contributed by atoms with Gasteiger partial charge in [-0.2, -0.15) is 0 Å². The fourth-order valence-electron chi connectivity index (χ4n) is 3.51. The zero-order valence-electron chi connectivity index (χ0n) is 14.3. The molecule has 2 heterocycles. The Morgan fingerprint density at radius 1 is 1.11 bits per heavy atom. The lowest BCUT2D eigenvalue weighted by molar-refractivity contribution is -0.274. The summed E-state index contributed by atoms with van der Waals surface area (Å²) in [6.45, 7) is 1.23. The Hall–Kier alpha value is -2.80. The molecule has 0 aliphatic carbocycles. The summed E-state index contributed by atoms with van der Waals surface area (Å²) < 4.78 is 41.4. The van der Waals surface area contributed by atoms with Crippen molar-refractivity contribution in [2.24, 2.45) is 0 Å². The first kappa shape index (κ1) is 17.6. The molecule has 1 aromatic heterocycles. The number of pyridine rings is 1. The predicted octanol–water partition coefficient (Wildman–Crippen LogP) is 4.58. The molecule has 1 aliphatic rings. The molecule has 4 nitrogen and oxygen atoms in total. The second-order valence-electron chi connectivity index (χ2n) is 6.48. The molecule has 0 bridgehead atoms. The maximum absolute atomic E-state index is 12.5. The van der Waals surface area contributed by atoms with Crippen molar-refractivity contribution in [1.29, 1.82) is 0 Å². The Morgan fingerprint density at radius 3 is 2.74 bits per heavy atom. The maximum Gasteiger partial charge on any atom is 0.573 e. The van der Waals surface area contributed by atoms with Gasteiger partial charge >= 0.3 is 6.36 Å². The average Bonchev–Trinajstić information content (AvgIpc) is 2.79. The number of benzene rings is 2. The highest BCUT2D eigenvalue weighted by Crippen LogP contribution is 2.34. The van der Waals surface area contributed by atoms with Gasteiger partial charge in [0.2, 0.25) is 0 Å². The van der Waals surface area contributed by atoms with Crippen LogP contribution >= 0.6 is 0 Å². The first-order valence-electron chi connectivity index (χ1n) is 8.56. The first-order valence-corrected chi connectivity index (χ1v) is 8.56. The summed E-state index contributed by atoms with van der Waals surface area (Å²) in [4.78, 5) is 6.30. The van der Waals surface area contributed by atoms with Crippen LogP contribution < -0.4 is 9.64 Å². The normalized spacial score (nSPS) is 17.5. The van der Waals surface area contributed by atoms with Crippen LogP contribution in [0.5, 0.6) is 5.75 Å². The molecule has 1 atom stereocenters. The van der Waals surface area contributed by atoms with Gasteiger partial charge in [-0.25, -0.2) is 0 Å². The Balaban J connectivity index is 1.71. The second kappa shape index (κ2) is 6.74. The molecule has 0 saturated carbocycles. The highest BCUT2D eigenvalue weighted by molar-refractivity contribution is 5.92. The maximum atomic E-state index is 12.5. The van der Waals surface area contributed by atoms with Crippen molar-refractivity contribution in [1.82, 2.24) is 4.98 Å². The van der Waals surface area contributed by atoms with Gasteiger partial charge in [-0.1, -0.05) is 24.3 Å². The van der Waals surface area contributed by atoms with E-state index in [-0.39, 0.29) is 5.75 Å². The summed E-state index contributed by atoms with van der Waals surface area (Å²) in [6.07, 6.45) is -3.14. The van der Waals surface area contributed by atoms with Crippen LogP contribution in [0.3, 0.4) is 0 Å². The van der Waals surface area contributed by atoms with Gasteiger partial charge in [0.15, 0.2) is 0 Å². The van der Waals surface area contributed by atoms with E-state index >= 15 is 0 Å². The number of nitrogens with zero attached hydrogens (tertiary/aromatic N) is 2. The number of anilines is 1. The highest BCUT2D eigenvalue weighted by atomic mass is 19.4. The summed E-state index contributed by atoms with van der Waals surface area (Å²) in [5.41, 5.74) is 3.23. The van der Waals surface area contributed by atoms with Gasteiger partial charge in [0, 0.05) is 36.4 Å². The topological polar surface area (TPSA) is 45.6 Å². The lowest BCUT2D eigenvalue weighted by atomic mass is 10.0. The van der Waals surface area contributed by atoms with Crippen LogP contribution in [0.2, 0.25) is 0 Å². The summed E-state index contributed by atoms with van der Waals surface area (Å²) in [5, 5.41) is 11.1. The van der Waals surface area contributed by atoms with Crippen molar-refractivity contribution >= 4 is 16.6 Å². The van der Waals surface area contributed by atoms with Crippen LogP contribution in [0.4, 0.5) is 18.9 Å². The third-order valence-electron chi connectivity index (χ3n) is 4.71. The van der Waals surface area contributed by atoms with Gasteiger partial charge in [-0.05, 0) is 35.7 Å². The van der Waals surface area contributed by atoms with E-state index in [2.05, 4.69) is 14.6 Å². The number of hydrogen-bond donors (Lipinski definition) is 1. The molecular weight excluding hydrogens is 357 g/mol. The van der Waals surface area contributed by atoms with Gasteiger partial charge in [-0.15, -0.1) is 13.2 Å². The van der Waals surface area contributed by atoms with Crippen molar-refractivity contribution in [3.63, 3.8) is 0 Å². The summed E-state index contributed by atoms with van der Waals surface area (Å²) in [5.74, 6) is -0.295. The molecule has 0 amide bonds. The average molecular weight is 374 g/mol. The van der Waals surface area contributed by atoms with Gasteiger partial charge in [0.1, 0.15) is 5.75 Å². The van der Waals surface area contributed by atoms with Gasteiger partial charge < -0.3 is 14.7 Å². The van der Waals surface area contributed by atoms with E-state index in [0.717, 1.165) is 22.2 Å². The molecule has 1 unspecified atom stereocenters. The summed E-state index contributed by atoms with van der Waals surface area (Å²) in [7, 11) is 0. The number of halogens is 3. The van der Waals surface area contributed by atoms with Crippen molar-refractivity contribution in [2.75, 3.05) is 11.4 Å². The molecule has 27 heavy (non-hydrogen) atoms. The molecule has 7 heteroatoms. The van der Waals surface area contributed by atoms with E-state index in [1.165, 1.54) is 12.1 Å². The quantitative estimate of drug-likeness (QED) is 0.713. The molecule has 140 valence electrons. The molecular formula is C20H17F3N2O2. The Morgan fingerprint density at radius 2 is 1.93 bits per heavy atom. The predicted molar refractivity (Wildman–Crippen MR) is 95.5 cm³/mol. The minimum Gasteiger partial charge on any atom is -0.406 e. The second-order valence-corrected chi connectivity index (χ2v) is 6.48. The Bertz CT molecular complexity index is 975. The first-order chi connectivity index (χ1) is 12.9. The number of fused-ring (bicyclic) bond motifs is 2. The summed E-state index contributed by atoms with van der Waals surface area (Å²) >= 11 is 0. The van der Waals surface area contributed by atoms with Crippen LogP contribution in [0.15, 0.2) is 54.7 Å². The van der Waals surface area contributed by atoms with Gasteiger partial charge in [0.05, 0.1) is 11.6 Å². The minimum atomic E-state index is -4.74. The number of hydrogen-bond acceptors (Lipinski definition) is 4. The van der Waals surface area contributed by atoms with Crippen molar-refractivity contribution in [3.05, 3.63) is 65.9 Å². The van der Waals surface area contributed by atoms with E-state index in [4.69, 9.17) is 0 Å². The highest BCUT2D eigenvalue weighted by Gasteiger charge is 2.31. The third kappa shape index (κ3) is 3.68. The number of rotatable bonds is 2. The van der Waals surface area contributed by atoms with E-state index in [1.54, 1.807) is 12.3 Å². The molecule has 0 fully saturated rings. The van der Waals surface area contributed by atoms with Crippen LogP contribution in [-0.4, -0.2) is 23.0 Å². The van der Waals surface area contributed by atoms with Crippen molar-refractivity contribution in [3.8, 4) is 5.75 Å². The van der Waals surface area contributed by atoms with Crippen LogP contribution in [0, 0.1) is 0 Å². The number of ether oxygens (including phenoxy) is 1. The number of aliphatic hydroxyl groups excluding tert-OH is 1. The molecule has 3 aromatic rings. The third-order valence-corrected chi connectivity index (χ3v) is 4.71. The zero-order valence-corrected chi connectivity index (χ0v) is 14.3. The standard InChI is InChI=1S/C20H17F3N2O2/c21-20(22,23)27-14-5-6-16-17(11-14)24-9-7-18(16)25-10-8-19(26)15-4-2-1-3-13(15)12-25/h1-7,9,11,19,26H,8,10,12H2. The monoisotopic (exact) mass is 374 g/mol. The number of aliphatic hydroxyl groups is 1. The molecule has 2 aromatic carbocycles. The van der Waals surface area contributed by atoms with Crippen molar-refractivity contribution in [2.45, 2.75) is 25.4 Å². The smallest absolute Gasteiger partial charge is 0.406 e. The van der Waals surface area contributed by atoms with Crippen LogP contribution in [-0.2, 0) is 6.54 Å². The molecule has 0 saturated heterocycles. The van der Waals surface area contributed by atoms with Gasteiger partial charge in [0.25, 0.3) is 0 Å². The number of aromatic nitrogens is 1. The van der Waals surface area contributed by atoms with Crippen LogP contribution in [0.25, 0.3) is 10.9 Å². The Labute approximate surface area is 153 Å². The van der Waals surface area contributed by atoms with E-state index in [0.29, 0.717) is 25.0 Å². The van der Waals surface area contributed by atoms with E-state index < -0.39 is 12.5 Å². The lowest BCUT2D eigenvalue weighted by Gasteiger charge is -2.24. The fourth-order valence-corrected chi connectivity index (χ4v) is 3.51. The molecule has 0 spiro atoms. The SMILES string of the molecule is OC1CCN(c2ccnc3cc(OC(F)(F)F)ccc23)Cc2ccccc21. The lowest BCUT2D eigenvalue weighted by Crippen LogP contribution is -2.23. The van der Waals surface area contributed by atoms with E-state index in [9.17, 15) is 18.3 Å². The molecule has 0 radical (unpaired) electrons. The van der Waals surface area contributed by atoms with Crippen LogP contribution in [0.1, 0.15) is 23.7 Å². The summed E-state index contributed by atoms with van der Waals surface area (Å²) in [6, 6.07) is 13.8. The number of alkyl halides is 3. The molecule has 1 N–H and O–H groups in total. The Kier molecular flexibility index (Phi) is 4.39. The van der Waals surface area contributed by atoms with Gasteiger partial charge in [-0.3, -0.25) is 4.98 Å². The molecule has 1 aliphatic heterocycles. The zero-order chi connectivity index (χ0) is 19.0. The minimum absolute atomic E-state index is 0.295. The van der Waals surface area contributed by atoms with E-state index in [1.807, 2.05) is 30.3 Å². The largest absolute Gasteiger partial charge is 0.573 e.